The summed E-state index contributed by atoms with van der Waals surface area (Å²) in [6.45, 7) is 3.97. The molecule has 0 fully saturated rings. The van der Waals surface area contributed by atoms with Gasteiger partial charge in [0.25, 0.3) is 5.91 Å². The number of aryl methyl sites for hydroxylation is 1. The normalized spacial score (nSPS) is 11.7. The smallest absolute Gasteiger partial charge is 0.261 e. The Kier molecular flexibility index (Phi) is 6.26. The Bertz CT molecular complexity index is 939. The van der Waals surface area contributed by atoms with Gasteiger partial charge in [0, 0.05) is 5.56 Å². The van der Waals surface area contributed by atoms with Crippen LogP contribution in [-0.4, -0.2) is 29.3 Å². The van der Waals surface area contributed by atoms with Gasteiger partial charge in [-0.3, -0.25) is 4.79 Å². The van der Waals surface area contributed by atoms with E-state index in [1.807, 2.05) is 62.4 Å². The maximum Gasteiger partial charge on any atom is 0.261 e. The Hall–Kier alpha value is -3.35. The first-order valence-corrected chi connectivity index (χ1v) is 9.07. The van der Waals surface area contributed by atoms with Crippen LogP contribution in [0.2, 0.25) is 0 Å². The van der Waals surface area contributed by atoms with E-state index in [-0.39, 0.29) is 12.5 Å². The summed E-state index contributed by atoms with van der Waals surface area (Å²) in [6, 6.07) is 15.0. The molecule has 7 heteroatoms. The Morgan fingerprint density at radius 3 is 2.79 bits per heavy atom. The summed E-state index contributed by atoms with van der Waals surface area (Å²) in [5, 5.41) is 6.75. The highest BCUT2D eigenvalue weighted by Gasteiger charge is 2.20. The third-order valence-electron chi connectivity index (χ3n) is 4.24. The van der Waals surface area contributed by atoms with Crippen LogP contribution in [0.5, 0.6) is 11.5 Å². The van der Waals surface area contributed by atoms with E-state index in [4.69, 9.17) is 14.0 Å². The highest BCUT2D eigenvalue weighted by atomic mass is 16.5. The molecule has 0 unspecified atom stereocenters. The predicted molar refractivity (Wildman–Crippen MR) is 104 cm³/mol. The standard InChI is InChI=1S/C21H23N3O4/c1-4-17(27-18-11-6-5-8-14(18)2)21(25)22-13-19-23-20(24-28-19)15-9-7-10-16(12-15)26-3/h5-12,17H,4,13H2,1-3H3,(H,22,25)/t17-/m1/s1. The number of ether oxygens (including phenoxy) is 2. The molecule has 2 aromatic carbocycles. The summed E-state index contributed by atoms with van der Waals surface area (Å²) in [5.41, 5.74) is 1.75. The van der Waals surface area contributed by atoms with Gasteiger partial charge in [-0.25, -0.2) is 0 Å². The number of rotatable bonds is 8. The first-order valence-electron chi connectivity index (χ1n) is 9.07. The van der Waals surface area contributed by atoms with Crippen molar-refractivity contribution in [3.05, 3.63) is 60.0 Å². The van der Waals surface area contributed by atoms with Gasteiger partial charge in [0.1, 0.15) is 11.5 Å². The number of nitrogens with zero attached hydrogens (tertiary/aromatic N) is 2. The van der Waals surface area contributed by atoms with Crippen LogP contribution < -0.4 is 14.8 Å². The van der Waals surface area contributed by atoms with E-state index in [0.717, 1.165) is 11.1 Å². The fourth-order valence-electron chi connectivity index (χ4n) is 2.65. The van der Waals surface area contributed by atoms with E-state index in [9.17, 15) is 4.79 Å². The lowest BCUT2D eigenvalue weighted by atomic mass is 10.2. The van der Waals surface area contributed by atoms with Gasteiger partial charge in [-0.15, -0.1) is 0 Å². The largest absolute Gasteiger partial charge is 0.497 e. The van der Waals surface area contributed by atoms with Gasteiger partial charge in [-0.1, -0.05) is 42.4 Å². The van der Waals surface area contributed by atoms with E-state index >= 15 is 0 Å². The highest BCUT2D eigenvalue weighted by Crippen LogP contribution is 2.21. The average molecular weight is 381 g/mol. The number of methoxy groups -OCH3 is 1. The second-order valence-electron chi connectivity index (χ2n) is 6.24. The van der Waals surface area contributed by atoms with Crippen molar-refractivity contribution in [1.29, 1.82) is 0 Å². The Morgan fingerprint density at radius 2 is 2.04 bits per heavy atom. The number of nitrogens with one attached hydrogen (secondary N) is 1. The molecular weight excluding hydrogens is 358 g/mol. The number of para-hydroxylation sites is 1. The van der Waals surface area contributed by atoms with Gasteiger partial charge in [0.15, 0.2) is 6.10 Å². The fourth-order valence-corrected chi connectivity index (χ4v) is 2.65. The van der Waals surface area contributed by atoms with Crippen molar-refractivity contribution in [2.45, 2.75) is 32.9 Å². The van der Waals surface area contributed by atoms with Gasteiger partial charge in [-0.2, -0.15) is 4.98 Å². The molecule has 0 saturated carbocycles. The number of amides is 1. The SMILES string of the molecule is CC[C@@H](Oc1ccccc1C)C(=O)NCc1nc(-c2cccc(OC)c2)no1. The van der Waals surface area contributed by atoms with Gasteiger partial charge in [0.05, 0.1) is 13.7 Å². The first kappa shape index (κ1) is 19.4. The topological polar surface area (TPSA) is 86.5 Å². The minimum absolute atomic E-state index is 0.128. The number of carbonyl (C=O) groups is 1. The molecule has 3 aromatic rings. The Balaban J connectivity index is 1.61. The van der Waals surface area contributed by atoms with Crippen molar-refractivity contribution < 1.29 is 18.8 Å². The van der Waals surface area contributed by atoms with Crippen molar-refractivity contribution in [1.82, 2.24) is 15.5 Å². The van der Waals surface area contributed by atoms with E-state index < -0.39 is 6.10 Å². The van der Waals surface area contributed by atoms with Crippen molar-refractivity contribution in [3.63, 3.8) is 0 Å². The lowest BCUT2D eigenvalue weighted by Gasteiger charge is -2.18. The van der Waals surface area contributed by atoms with Crippen LogP contribution in [0.4, 0.5) is 0 Å². The molecule has 0 aliphatic rings. The van der Waals surface area contributed by atoms with E-state index in [2.05, 4.69) is 15.5 Å². The summed E-state index contributed by atoms with van der Waals surface area (Å²) in [6.07, 6.45) is -0.0547. The van der Waals surface area contributed by atoms with Crippen LogP contribution in [0.3, 0.4) is 0 Å². The van der Waals surface area contributed by atoms with Gasteiger partial charge in [-0.05, 0) is 37.1 Å². The number of hydrogen-bond donors (Lipinski definition) is 1. The van der Waals surface area contributed by atoms with E-state index in [0.29, 0.717) is 29.6 Å². The summed E-state index contributed by atoms with van der Waals surface area (Å²) in [4.78, 5) is 16.8. The maximum absolute atomic E-state index is 12.5. The maximum atomic E-state index is 12.5. The van der Waals surface area contributed by atoms with Crippen LogP contribution in [-0.2, 0) is 11.3 Å². The van der Waals surface area contributed by atoms with Crippen molar-refractivity contribution in [3.8, 4) is 22.9 Å². The second-order valence-corrected chi connectivity index (χ2v) is 6.24. The molecule has 0 saturated heterocycles. The fraction of sp³-hybridized carbons (Fsp3) is 0.286. The lowest BCUT2D eigenvalue weighted by Crippen LogP contribution is -2.37. The van der Waals surface area contributed by atoms with Crippen LogP contribution in [0.1, 0.15) is 24.8 Å². The van der Waals surface area contributed by atoms with Gasteiger partial charge >= 0.3 is 0 Å². The minimum atomic E-state index is -0.595. The van der Waals surface area contributed by atoms with Crippen molar-refractivity contribution in [2.75, 3.05) is 7.11 Å². The monoisotopic (exact) mass is 381 g/mol. The van der Waals surface area contributed by atoms with Crippen LogP contribution in [0.15, 0.2) is 53.1 Å². The van der Waals surface area contributed by atoms with Crippen LogP contribution >= 0.6 is 0 Å². The number of hydrogen-bond acceptors (Lipinski definition) is 6. The number of benzene rings is 2. The number of carbonyl (C=O) groups excluding carboxylic acids is 1. The third kappa shape index (κ3) is 4.68. The predicted octanol–water partition coefficient (Wildman–Crippen LogP) is 3.53. The average Bonchev–Trinajstić information content (AvgIpc) is 3.20. The molecule has 0 radical (unpaired) electrons. The van der Waals surface area contributed by atoms with E-state index in [1.165, 1.54) is 0 Å². The molecule has 1 aromatic heterocycles. The molecule has 0 bridgehead atoms. The minimum Gasteiger partial charge on any atom is -0.497 e. The lowest BCUT2D eigenvalue weighted by molar-refractivity contribution is -0.128. The van der Waals surface area contributed by atoms with E-state index in [1.54, 1.807) is 7.11 Å². The second kappa shape index (κ2) is 9.03. The highest BCUT2D eigenvalue weighted by molar-refractivity contribution is 5.81. The summed E-state index contributed by atoms with van der Waals surface area (Å²) >= 11 is 0. The molecule has 146 valence electrons. The van der Waals surface area contributed by atoms with Crippen molar-refractivity contribution in [2.24, 2.45) is 0 Å². The molecule has 1 amide bonds. The summed E-state index contributed by atoms with van der Waals surface area (Å²) < 4.78 is 16.3. The zero-order valence-corrected chi connectivity index (χ0v) is 16.1. The molecule has 1 N–H and O–H groups in total. The zero-order chi connectivity index (χ0) is 19.9. The molecule has 0 aliphatic heterocycles. The van der Waals surface area contributed by atoms with Gasteiger partial charge in [0.2, 0.25) is 11.7 Å². The third-order valence-corrected chi connectivity index (χ3v) is 4.24. The van der Waals surface area contributed by atoms with Crippen LogP contribution in [0.25, 0.3) is 11.4 Å². The molecule has 1 heterocycles. The molecular formula is C21H23N3O4. The molecule has 7 nitrogen and oxygen atoms in total. The Morgan fingerprint density at radius 1 is 1.21 bits per heavy atom. The van der Waals surface area contributed by atoms with Gasteiger partial charge < -0.3 is 19.3 Å². The first-order chi connectivity index (χ1) is 13.6. The number of aromatic nitrogens is 2. The molecule has 28 heavy (non-hydrogen) atoms. The summed E-state index contributed by atoms with van der Waals surface area (Å²) in [5.74, 6) is 1.93. The zero-order valence-electron chi connectivity index (χ0n) is 16.1. The molecule has 0 aliphatic carbocycles. The molecule has 0 spiro atoms. The summed E-state index contributed by atoms with van der Waals surface area (Å²) in [7, 11) is 1.60. The molecule has 1 atom stereocenters. The Labute approximate surface area is 163 Å². The quantitative estimate of drug-likeness (QED) is 0.642. The van der Waals surface area contributed by atoms with Crippen LogP contribution in [0, 0.1) is 6.92 Å². The van der Waals surface area contributed by atoms with Crippen molar-refractivity contribution >= 4 is 5.91 Å². The molecule has 3 rings (SSSR count).